The Hall–Kier alpha value is -1.80. The zero-order valence-electron chi connectivity index (χ0n) is 11.8. The van der Waals surface area contributed by atoms with Crippen LogP contribution < -0.4 is 10.5 Å². The van der Waals surface area contributed by atoms with Gasteiger partial charge in [0.05, 0.1) is 0 Å². The first kappa shape index (κ1) is 13.6. The number of aryl methyl sites for hydroxylation is 2. The molecule has 0 fully saturated rings. The number of hydrogen-bond acceptors (Lipinski definition) is 2. The van der Waals surface area contributed by atoms with Crippen molar-refractivity contribution in [1.29, 1.82) is 0 Å². The Kier molecular flexibility index (Phi) is 4.23. The molecule has 0 heterocycles. The molecule has 2 unspecified atom stereocenters. The molecule has 0 saturated heterocycles. The molecule has 0 saturated carbocycles. The largest absolute Gasteiger partial charge is 0.484 e. The van der Waals surface area contributed by atoms with Crippen molar-refractivity contribution in [2.24, 2.45) is 5.73 Å². The average molecular weight is 255 g/mol. The normalized spacial score (nSPS) is 13.9. The summed E-state index contributed by atoms with van der Waals surface area (Å²) < 4.78 is 6.07. The summed E-state index contributed by atoms with van der Waals surface area (Å²) in [5, 5.41) is 0. The van der Waals surface area contributed by atoms with Gasteiger partial charge in [0.1, 0.15) is 11.9 Å². The van der Waals surface area contributed by atoms with Crippen LogP contribution in [-0.2, 0) is 0 Å². The van der Waals surface area contributed by atoms with Gasteiger partial charge in [0.25, 0.3) is 0 Å². The fraction of sp³-hybridized carbons (Fsp3) is 0.294. The zero-order valence-corrected chi connectivity index (χ0v) is 11.8. The maximum absolute atomic E-state index is 6.07. The molecule has 2 N–H and O–H groups in total. The van der Waals surface area contributed by atoms with Crippen LogP contribution in [-0.4, -0.2) is 6.04 Å². The minimum atomic E-state index is -0.122. The summed E-state index contributed by atoms with van der Waals surface area (Å²) in [4.78, 5) is 0. The smallest absolute Gasteiger partial charge is 0.138 e. The highest BCUT2D eigenvalue weighted by atomic mass is 16.5. The molecule has 19 heavy (non-hydrogen) atoms. The molecule has 2 rings (SSSR count). The summed E-state index contributed by atoms with van der Waals surface area (Å²) in [6.07, 6.45) is -0.122. The van der Waals surface area contributed by atoms with E-state index in [0.717, 1.165) is 11.3 Å². The maximum atomic E-state index is 6.07. The van der Waals surface area contributed by atoms with Crippen molar-refractivity contribution in [3.63, 3.8) is 0 Å². The van der Waals surface area contributed by atoms with Gasteiger partial charge in [0, 0.05) is 6.04 Å². The van der Waals surface area contributed by atoms with E-state index in [9.17, 15) is 0 Å². The van der Waals surface area contributed by atoms with Crippen molar-refractivity contribution in [1.82, 2.24) is 0 Å². The Balaban J connectivity index is 2.24. The molecule has 0 amide bonds. The van der Waals surface area contributed by atoms with E-state index in [4.69, 9.17) is 10.5 Å². The molecule has 0 aliphatic heterocycles. The number of ether oxygens (including phenoxy) is 1. The molecule has 0 aliphatic rings. The van der Waals surface area contributed by atoms with Crippen LogP contribution in [0.4, 0.5) is 0 Å². The average Bonchev–Trinajstić information content (AvgIpc) is 2.40. The SMILES string of the molecule is Cc1ccc(OC(c2ccccc2)C(C)N)cc1C. The van der Waals surface area contributed by atoms with Crippen molar-refractivity contribution < 1.29 is 4.74 Å². The maximum Gasteiger partial charge on any atom is 0.138 e. The van der Waals surface area contributed by atoms with E-state index in [1.807, 2.05) is 31.2 Å². The summed E-state index contributed by atoms with van der Waals surface area (Å²) >= 11 is 0. The standard InChI is InChI=1S/C17H21NO/c1-12-9-10-16(11-13(12)2)19-17(14(3)18)15-7-5-4-6-8-15/h4-11,14,17H,18H2,1-3H3. The lowest BCUT2D eigenvalue weighted by molar-refractivity contribution is 0.180. The van der Waals surface area contributed by atoms with E-state index in [-0.39, 0.29) is 12.1 Å². The molecule has 2 aromatic carbocycles. The van der Waals surface area contributed by atoms with Crippen molar-refractivity contribution in [3.05, 3.63) is 65.2 Å². The van der Waals surface area contributed by atoms with Gasteiger partial charge < -0.3 is 10.5 Å². The summed E-state index contributed by atoms with van der Waals surface area (Å²) in [7, 11) is 0. The van der Waals surface area contributed by atoms with Gasteiger partial charge >= 0.3 is 0 Å². The van der Waals surface area contributed by atoms with E-state index in [0.29, 0.717) is 0 Å². The summed E-state index contributed by atoms with van der Waals surface area (Å²) in [5.74, 6) is 0.870. The third-order valence-corrected chi connectivity index (χ3v) is 3.35. The van der Waals surface area contributed by atoms with Crippen LogP contribution in [0.1, 0.15) is 29.7 Å². The highest BCUT2D eigenvalue weighted by Gasteiger charge is 2.18. The zero-order chi connectivity index (χ0) is 13.8. The quantitative estimate of drug-likeness (QED) is 0.902. The lowest BCUT2D eigenvalue weighted by Gasteiger charge is -2.23. The van der Waals surface area contributed by atoms with Gasteiger partial charge in [-0.05, 0) is 49.6 Å². The van der Waals surface area contributed by atoms with Crippen molar-refractivity contribution >= 4 is 0 Å². The molecular weight excluding hydrogens is 234 g/mol. The number of benzene rings is 2. The first-order valence-corrected chi connectivity index (χ1v) is 6.62. The monoisotopic (exact) mass is 255 g/mol. The van der Waals surface area contributed by atoms with Crippen LogP contribution in [0.25, 0.3) is 0 Å². The third-order valence-electron chi connectivity index (χ3n) is 3.35. The van der Waals surface area contributed by atoms with E-state index >= 15 is 0 Å². The molecule has 0 radical (unpaired) electrons. The second-order valence-corrected chi connectivity index (χ2v) is 5.05. The summed E-state index contributed by atoms with van der Waals surface area (Å²) in [6, 6.07) is 16.2. The van der Waals surface area contributed by atoms with Crippen molar-refractivity contribution in [2.75, 3.05) is 0 Å². The van der Waals surface area contributed by atoms with Gasteiger partial charge in [-0.2, -0.15) is 0 Å². The Labute approximate surface area is 115 Å². The first-order chi connectivity index (χ1) is 9.08. The van der Waals surface area contributed by atoms with E-state index in [2.05, 4.69) is 38.1 Å². The Bertz CT molecular complexity index is 534. The van der Waals surface area contributed by atoms with E-state index in [1.165, 1.54) is 11.1 Å². The summed E-state index contributed by atoms with van der Waals surface area (Å²) in [5.41, 5.74) is 9.67. The van der Waals surface area contributed by atoms with Crippen LogP contribution >= 0.6 is 0 Å². The fourth-order valence-corrected chi connectivity index (χ4v) is 2.06. The van der Waals surface area contributed by atoms with Crippen LogP contribution in [0, 0.1) is 13.8 Å². The molecule has 2 nitrogen and oxygen atoms in total. The second-order valence-electron chi connectivity index (χ2n) is 5.05. The number of rotatable bonds is 4. The lowest BCUT2D eigenvalue weighted by atomic mass is 10.0. The van der Waals surface area contributed by atoms with Gasteiger partial charge in [0.2, 0.25) is 0 Å². The lowest BCUT2D eigenvalue weighted by Crippen LogP contribution is -2.29. The predicted octanol–water partition coefficient (Wildman–Crippen LogP) is 3.77. The third kappa shape index (κ3) is 3.36. The van der Waals surface area contributed by atoms with Crippen LogP contribution in [0.3, 0.4) is 0 Å². The number of nitrogens with two attached hydrogens (primary N) is 1. The highest BCUT2D eigenvalue weighted by molar-refractivity contribution is 5.34. The van der Waals surface area contributed by atoms with E-state index < -0.39 is 0 Å². The predicted molar refractivity (Wildman–Crippen MR) is 79.4 cm³/mol. The van der Waals surface area contributed by atoms with Gasteiger partial charge in [-0.15, -0.1) is 0 Å². The topological polar surface area (TPSA) is 35.2 Å². The molecule has 2 atom stereocenters. The Morgan fingerprint density at radius 3 is 2.21 bits per heavy atom. The van der Waals surface area contributed by atoms with Crippen LogP contribution in [0.15, 0.2) is 48.5 Å². The molecule has 0 spiro atoms. The minimum Gasteiger partial charge on any atom is -0.484 e. The number of hydrogen-bond donors (Lipinski definition) is 1. The molecule has 2 aromatic rings. The van der Waals surface area contributed by atoms with Crippen LogP contribution in [0.5, 0.6) is 5.75 Å². The molecule has 2 heteroatoms. The molecular formula is C17H21NO. The van der Waals surface area contributed by atoms with Gasteiger partial charge in [0.15, 0.2) is 0 Å². The first-order valence-electron chi connectivity index (χ1n) is 6.62. The van der Waals surface area contributed by atoms with Gasteiger partial charge in [-0.3, -0.25) is 0 Å². The van der Waals surface area contributed by atoms with Gasteiger partial charge in [-0.1, -0.05) is 36.4 Å². The second kappa shape index (κ2) is 5.89. The molecule has 0 bridgehead atoms. The minimum absolute atomic E-state index is 0.0657. The Morgan fingerprint density at radius 2 is 1.63 bits per heavy atom. The van der Waals surface area contributed by atoms with Gasteiger partial charge in [-0.25, -0.2) is 0 Å². The molecule has 0 aromatic heterocycles. The fourth-order valence-electron chi connectivity index (χ4n) is 2.06. The van der Waals surface area contributed by atoms with Crippen LogP contribution in [0.2, 0.25) is 0 Å². The summed E-state index contributed by atoms with van der Waals surface area (Å²) in [6.45, 7) is 6.16. The molecule has 0 aliphatic carbocycles. The van der Waals surface area contributed by atoms with Crippen molar-refractivity contribution in [3.8, 4) is 5.75 Å². The highest BCUT2D eigenvalue weighted by Crippen LogP contribution is 2.25. The Morgan fingerprint density at radius 1 is 0.947 bits per heavy atom. The molecule has 100 valence electrons. The van der Waals surface area contributed by atoms with Crippen molar-refractivity contribution in [2.45, 2.75) is 32.9 Å². The van der Waals surface area contributed by atoms with E-state index in [1.54, 1.807) is 0 Å².